The van der Waals surface area contributed by atoms with Gasteiger partial charge in [-0.2, -0.15) is 8.78 Å². The third-order valence-corrected chi connectivity index (χ3v) is 6.98. The van der Waals surface area contributed by atoms with Gasteiger partial charge in [0.05, 0.1) is 11.6 Å². The number of carbonyl (C=O) groups excluding carboxylic acids is 4. The van der Waals surface area contributed by atoms with Crippen molar-refractivity contribution < 1.29 is 41.5 Å². The summed E-state index contributed by atoms with van der Waals surface area (Å²) in [6.45, 7) is 2.92. The van der Waals surface area contributed by atoms with E-state index in [9.17, 15) is 36.7 Å². The fourth-order valence-corrected chi connectivity index (χ4v) is 4.75. The Hall–Kier alpha value is -4.55. The van der Waals surface area contributed by atoms with Gasteiger partial charge in [0.2, 0.25) is 23.4 Å². The lowest BCUT2D eigenvalue weighted by Crippen LogP contribution is -2.53. The van der Waals surface area contributed by atoms with Gasteiger partial charge in [0.1, 0.15) is 18.3 Å². The molecule has 43 heavy (non-hydrogen) atoms. The number of para-hydroxylation sites is 1. The Morgan fingerprint density at radius 3 is 2.35 bits per heavy atom. The Labute approximate surface area is 244 Å². The van der Waals surface area contributed by atoms with Crippen molar-refractivity contribution in [2.24, 2.45) is 11.8 Å². The molecule has 1 fully saturated rings. The first-order valence-corrected chi connectivity index (χ1v) is 13.7. The Morgan fingerprint density at radius 2 is 1.70 bits per heavy atom. The van der Waals surface area contributed by atoms with Crippen molar-refractivity contribution in [3.8, 4) is 5.75 Å². The SMILES string of the molecule is CC(C)CC(NC(=O)c1ccc2ccccc2n1)C(=O)NC(C[C@@H]1CCNC1=O)C(=O)COc1c(F)c(F)cc(F)c1F. The number of carbonyl (C=O) groups is 4. The molecule has 1 aliphatic heterocycles. The van der Waals surface area contributed by atoms with Crippen LogP contribution in [0.15, 0.2) is 42.5 Å². The summed E-state index contributed by atoms with van der Waals surface area (Å²) in [5, 5.41) is 8.60. The number of Topliss-reactive ketones (excluding diaryl/α,β-unsaturated/α-hetero) is 1. The average Bonchev–Trinajstić information content (AvgIpc) is 3.38. The number of halogens is 4. The van der Waals surface area contributed by atoms with E-state index in [1.807, 2.05) is 26.0 Å². The van der Waals surface area contributed by atoms with Gasteiger partial charge in [-0.15, -0.1) is 0 Å². The molecule has 2 heterocycles. The van der Waals surface area contributed by atoms with E-state index in [0.29, 0.717) is 18.5 Å². The number of benzene rings is 2. The van der Waals surface area contributed by atoms with E-state index in [1.54, 1.807) is 18.2 Å². The van der Waals surface area contributed by atoms with Gasteiger partial charge in [-0.3, -0.25) is 19.2 Å². The smallest absolute Gasteiger partial charge is 0.270 e. The summed E-state index contributed by atoms with van der Waals surface area (Å²) in [5.41, 5.74) is 0.641. The molecule has 9 nitrogen and oxygen atoms in total. The molecule has 0 aliphatic carbocycles. The Morgan fingerprint density at radius 1 is 1.00 bits per heavy atom. The van der Waals surface area contributed by atoms with Crippen LogP contribution in [-0.2, 0) is 14.4 Å². The molecule has 0 saturated carbocycles. The van der Waals surface area contributed by atoms with Gasteiger partial charge < -0.3 is 20.7 Å². The molecule has 1 saturated heterocycles. The summed E-state index contributed by atoms with van der Waals surface area (Å²) in [6, 6.07) is 7.87. The molecule has 3 atom stereocenters. The first-order chi connectivity index (χ1) is 20.4. The zero-order valence-electron chi connectivity index (χ0n) is 23.4. The summed E-state index contributed by atoms with van der Waals surface area (Å²) in [6.07, 6.45) is 0.347. The summed E-state index contributed by atoms with van der Waals surface area (Å²) in [7, 11) is 0. The second-order valence-corrected chi connectivity index (χ2v) is 10.7. The van der Waals surface area contributed by atoms with Crippen molar-refractivity contribution in [3.63, 3.8) is 0 Å². The molecule has 0 radical (unpaired) electrons. The van der Waals surface area contributed by atoms with Crippen LogP contribution in [0.4, 0.5) is 17.6 Å². The number of hydrogen-bond acceptors (Lipinski definition) is 6. The van der Waals surface area contributed by atoms with Crippen LogP contribution in [0.25, 0.3) is 10.9 Å². The van der Waals surface area contributed by atoms with Crippen molar-refractivity contribution in [1.82, 2.24) is 20.9 Å². The highest BCUT2D eigenvalue weighted by Gasteiger charge is 2.34. The highest BCUT2D eigenvalue weighted by Crippen LogP contribution is 2.27. The van der Waals surface area contributed by atoms with Crippen LogP contribution in [0.5, 0.6) is 5.75 Å². The van der Waals surface area contributed by atoms with Crippen LogP contribution in [0.1, 0.15) is 43.6 Å². The van der Waals surface area contributed by atoms with Crippen molar-refractivity contribution in [1.29, 1.82) is 0 Å². The summed E-state index contributed by atoms with van der Waals surface area (Å²) < 4.78 is 60.2. The number of nitrogens with one attached hydrogen (secondary N) is 3. The lowest BCUT2D eigenvalue weighted by Gasteiger charge is -2.25. The van der Waals surface area contributed by atoms with Gasteiger partial charge in [-0.25, -0.2) is 13.8 Å². The summed E-state index contributed by atoms with van der Waals surface area (Å²) in [4.78, 5) is 56.2. The van der Waals surface area contributed by atoms with Gasteiger partial charge in [-0.1, -0.05) is 38.1 Å². The minimum absolute atomic E-state index is 0.00231. The van der Waals surface area contributed by atoms with E-state index in [1.165, 1.54) is 6.07 Å². The topological polar surface area (TPSA) is 126 Å². The molecule has 0 spiro atoms. The Bertz CT molecular complexity index is 1520. The van der Waals surface area contributed by atoms with Crippen LogP contribution in [0.2, 0.25) is 0 Å². The lowest BCUT2D eigenvalue weighted by atomic mass is 9.95. The first-order valence-electron chi connectivity index (χ1n) is 13.7. The molecular formula is C30H30F4N4O5. The predicted octanol–water partition coefficient (Wildman–Crippen LogP) is 3.59. The highest BCUT2D eigenvalue weighted by atomic mass is 19.2. The Kier molecular flexibility index (Phi) is 9.94. The van der Waals surface area contributed by atoms with Gasteiger partial charge in [-0.05, 0) is 37.3 Å². The lowest BCUT2D eigenvalue weighted by molar-refractivity contribution is -0.131. The van der Waals surface area contributed by atoms with Gasteiger partial charge in [0.25, 0.3) is 5.91 Å². The molecule has 0 bridgehead atoms. The number of nitrogens with zero attached hydrogens (tertiary/aromatic N) is 1. The predicted molar refractivity (Wildman–Crippen MR) is 147 cm³/mol. The number of fused-ring (bicyclic) bond motifs is 1. The van der Waals surface area contributed by atoms with Gasteiger partial charge in [0, 0.05) is 23.9 Å². The number of rotatable bonds is 12. The molecule has 3 amide bonds. The van der Waals surface area contributed by atoms with Crippen LogP contribution in [0.3, 0.4) is 0 Å². The van der Waals surface area contributed by atoms with Crippen LogP contribution in [0, 0.1) is 35.1 Å². The average molecular weight is 603 g/mol. The molecule has 2 unspecified atom stereocenters. The van der Waals surface area contributed by atoms with Crippen LogP contribution < -0.4 is 20.7 Å². The minimum Gasteiger partial charge on any atom is -0.479 e. The molecule has 1 aliphatic rings. The van der Waals surface area contributed by atoms with Crippen LogP contribution >= 0.6 is 0 Å². The van der Waals surface area contributed by atoms with E-state index >= 15 is 0 Å². The molecule has 3 N–H and O–H groups in total. The van der Waals surface area contributed by atoms with Gasteiger partial charge >= 0.3 is 0 Å². The molecule has 1 aromatic heterocycles. The zero-order valence-corrected chi connectivity index (χ0v) is 23.4. The maximum atomic E-state index is 14.1. The van der Waals surface area contributed by atoms with Crippen molar-refractivity contribution in [2.45, 2.75) is 45.2 Å². The van der Waals surface area contributed by atoms with E-state index in [0.717, 1.165) is 5.39 Å². The quantitative estimate of drug-likeness (QED) is 0.215. The van der Waals surface area contributed by atoms with Crippen molar-refractivity contribution in [2.75, 3.05) is 13.2 Å². The van der Waals surface area contributed by atoms with E-state index in [4.69, 9.17) is 4.74 Å². The highest BCUT2D eigenvalue weighted by molar-refractivity contribution is 5.99. The van der Waals surface area contributed by atoms with E-state index in [2.05, 4.69) is 20.9 Å². The number of ether oxygens (including phenoxy) is 1. The normalized spacial score (nSPS) is 16.1. The fraction of sp³-hybridized carbons (Fsp3) is 0.367. The number of ketones is 1. The molecular weight excluding hydrogens is 572 g/mol. The second-order valence-electron chi connectivity index (χ2n) is 10.7. The summed E-state index contributed by atoms with van der Waals surface area (Å²) in [5.74, 6) is -11.9. The largest absolute Gasteiger partial charge is 0.479 e. The second kappa shape index (κ2) is 13.6. The molecule has 4 rings (SSSR count). The molecule has 3 aromatic rings. The zero-order chi connectivity index (χ0) is 31.3. The monoisotopic (exact) mass is 602 g/mol. The van der Waals surface area contributed by atoms with E-state index in [-0.39, 0.29) is 36.4 Å². The molecule has 2 aromatic carbocycles. The number of pyridine rings is 1. The summed E-state index contributed by atoms with van der Waals surface area (Å²) >= 11 is 0. The third-order valence-electron chi connectivity index (χ3n) is 6.98. The molecule has 228 valence electrons. The Balaban J connectivity index is 1.52. The number of hydrogen-bond donors (Lipinski definition) is 3. The van der Waals surface area contributed by atoms with Crippen molar-refractivity contribution >= 4 is 34.4 Å². The maximum absolute atomic E-state index is 14.1. The number of amides is 3. The van der Waals surface area contributed by atoms with Crippen molar-refractivity contribution in [3.05, 3.63) is 71.4 Å². The standard InChI is InChI=1S/C30H30F4N4O5/c1-15(2)11-23(38-29(41)21-8-7-16-5-3-4-6-20(16)36-21)30(42)37-22(12-17-9-10-35-28(17)40)24(39)14-43-27-25(33)18(31)13-19(32)26(27)34/h3-8,13,15,17,22-23H,9-12,14H2,1-2H3,(H,35,40)(H,37,42)(H,38,41)/t17-,22?,23?/m0/s1. The first kappa shape index (κ1) is 31.4. The minimum atomic E-state index is -1.83. The molecule has 13 heteroatoms. The van der Waals surface area contributed by atoms with Crippen LogP contribution in [-0.4, -0.2) is 53.7 Å². The maximum Gasteiger partial charge on any atom is 0.270 e. The fourth-order valence-electron chi connectivity index (χ4n) is 4.75. The number of aromatic nitrogens is 1. The third kappa shape index (κ3) is 7.65. The van der Waals surface area contributed by atoms with Gasteiger partial charge in [0.15, 0.2) is 23.2 Å². The van der Waals surface area contributed by atoms with E-state index < -0.39 is 71.2 Å².